The Bertz CT molecular complexity index is 3260. The summed E-state index contributed by atoms with van der Waals surface area (Å²) in [5.41, 5.74) is 1.85. The van der Waals surface area contributed by atoms with Crippen molar-refractivity contribution in [1.29, 1.82) is 0 Å². The Labute approximate surface area is 442 Å². The van der Waals surface area contributed by atoms with Crippen molar-refractivity contribution in [2.75, 3.05) is 31.8 Å². The predicted molar refractivity (Wildman–Crippen MR) is 288 cm³/mol. The lowest BCUT2D eigenvalue weighted by Gasteiger charge is -2.49. The van der Waals surface area contributed by atoms with Crippen LogP contribution in [0, 0.1) is 0 Å². The zero-order valence-corrected chi connectivity index (χ0v) is 42.7. The normalized spacial score (nSPS) is 15.5. The first kappa shape index (κ1) is 51.4. The fourth-order valence-corrected chi connectivity index (χ4v) is 11.5. The van der Waals surface area contributed by atoms with Gasteiger partial charge in [0.25, 0.3) is 11.8 Å². The van der Waals surface area contributed by atoms with E-state index in [1.807, 2.05) is 152 Å². The summed E-state index contributed by atoms with van der Waals surface area (Å²) in [4.78, 5) is 92.0. The lowest BCUT2D eigenvalue weighted by molar-refractivity contribution is -0.154. The van der Waals surface area contributed by atoms with Gasteiger partial charge in [-0.3, -0.25) is 28.6 Å². The number of urea groups is 1. The van der Waals surface area contributed by atoms with E-state index in [-0.39, 0.29) is 41.1 Å². The SMILES string of the molecule is CNC(=O)NCCn1c(SC=CC2=C(C(=O)OC(c3ccccc3)c3ccccc3)N3C(=O)C(NC(=O)C(=NOC)c4csc(NC(c5ccccc5)(c5ccccc5)c5ccccc5)n4)C3SC2)n[nH]c(=O)c1=O. The highest BCUT2D eigenvalue weighted by molar-refractivity contribution is 8.02. The van der Waals surface area contributed by atoms with Crippen LogP contribution >= 0.6 is 34.9 Å². The molecule has 2 aliphatic rings. The summed E-state index contributed by atoms with van der Waals surface area (Å²) in [5, 5.41) is 25.0. The molecular weight excluding hydrogens is 1010 g/mol. The molecule has 2 aliphatic heterocycles. The van der Waals surface area contributed by atoms with E-state index in [1.165, 1.54) is 42.2 Å². The summed E-state index contributed by atoms with van der Waals surface area (Å²) in [6.45, 7) is -0.0542. The highest BCUT2D eigenvalue weighted by Crippen LogP contribution is 2.43. The highest BCUT2D eigenvalue weighted by atomic mass is 32.2. The first-order chi connectivity index (χ1) is 36.6. The van der Waals surface area contributed by atoms with E-state index in [2.05, 4.69) is 36.6 Å². The predicted octanol–water partition coefficient (Wildman–Crippen LogP) is 6.36. The maximum absolute atomic E-state index is 14.8. The van der Waals surface area contributed by atoms with E-state index in [1.54, 1.807) is 16.9 Å². The summed E-state index contributed by atoms with van der Waals surface area (Å²) >= 11 is 3.55. The number of aromatic amines is 1. The van der Waals surface area contributed by atoms with Gasteiger partial charge in [0.15, 0.2) is 22.1 Å². The Morgan fingerprint density at radius 3 is 1.99 bits per heavy atom. The van der Waals surface area contributed by atoms with Crippen molar-refractivity contribution in [2.24, 2.45) is 5.16 Å². The van der Waals surface area contributed by atoms with Crippen molar-refractivity contribution in [2.45, 2.75) is 34.8 Å². The van der Waals surface area contributed by atoms with Gasteiger partial charge in [-0.15, -0.1) is 28.2 Å². The van der Waals surface area contributed by atoms with Crippen LogP contribution in [-0.4, -0.2) is 92.0 Å². The van der Waals surface area contributed by atoms with Gasteiger partial charge in [0.05, 0.1) is 0 Å². The summed E-state index contributed by atoms with van der Waals surface area (Å²) < 4.78 is 7.45. The summed E-state index contributed by atoms with van der Waals surface area (Å²) in [7, 11) is 2.75. The third-order valence-electron chi connectivity index (χ3n) is 12.2. The minimum atomic E-state index is -1.10. The van der Waals surface area contributed by atoms with Crippen LogP contribution in [0.15, 0.2) is 200 Å². The van der Waals surface area contributed by atoms with Crippen molar-refractivity contribution < 1.29 is 28.8 Å². The molecule has 21 heteroatoms. The molecule has 2 aromatic heterocycles. The van der Waals surface area contributed by atoms with Gasteiger partial charge in [-0.2, -0.15) is 0 Å². The molecule has 5 N–H and O–H groups in total. The van der Waals surface area contributed by atoms with Crippen molar-refractivity contribution in [1.82, 2.24) is 40.6 Å². The molecular formula is C54H48N10O8S3. The number of hydrogen-bond donors (Lipinski definition) is 5. The number of anilines is 1. The molecule has 0 radical (unpaired) electrons. The number of allylic oxidation sites excluding steroid dienone is 1. The van der Waals surface area contributed by atoms with E-state index in [9.17, 15) is 28.8 Å². The average molecular weight is 1060 g/mol. The number of fused-ring (bicyclic) bond motifs is 1. The van der Waals surface area contributed by atoms with E-state index in [0.717, 1.165) is 33.0 Å². The smallest absolute Gasteiger partial charge is 0.356 e. The number of carbonyl (C=O) groups excluding carboxylic acids is 4. The molecule has 7 aromatic rings. The maximum atomic E-state index is 14.8. The van der Waals surface area contributed by atoms with Crippen molar-refractivity contribution in [3.63, 3.8) is 0 Å². The molecule has 5 aromatic carbocycles. The van der Waals surface area contributed by atoms with Gasteiger partial charge >= 0.3 is 23.1 Å². The summed E-state index contributed by atoms with van der Waals surface area (Å²) in [6, 6.07) is 46.8. The van der Waals surface area contributed by atoms with E-state index in [4.69, 9.17) is 14.6 Å². The third kappa shape index (κ3) is 11.1. The van der Waals surface area contributed by atoms with Crippen LogP contribution in [0.2, 0.25) is 0 Å². The second kappa shape index (κ2) is 23.6. The minimum absolute atomic E-state index is 0.0136. The number of β-lactam (4-membered cyclic amide) rings is 1. The zero-order chi connectivity index (χ0) is 52.3. The number of rotatable bonds is 19. The van der Waals surface area contributed by atoms with Crippen LogP contribution in [0.5, 0.6) is 0 Å². The molecule has 0 bridgehead atoms. The number of hydrogen-bond acceptors (Lipinski definition) is 15. The number of nitrogens with one attached hydrogen (secondary N) is 5. The number of aromatic nitrogens is 4. The van der Waals surface area contributed by atoms with Crippen molar-refractivity contribution in [3.05, 3.63) is 234 Å². The highest BCUT2D eigenvalue weighted by Gasteiger charge is 2.55. The number of carbonyl (C=O) groups is 4. The molecule has 380 valence electrons. The van der Waals surface area contributed by atoms with Gasteiger partial charge in [-0.25, -0.2) is 19.7 Å². The van der Waals surface area contributed by atoms with Gasteiger partial charge in [0.2, 0.25) is 0 Å². The van der Waals surface area contributed by atoms with Crippen LogP contribution in [0.1, 0.15) is 39.6 Å². The Kier molecular flexibility index (Phi) is 16.1. The first-order valence-corrected chi connectivity index (χ1v) is 26.2. The Hall–Kier alpha value is -8.53. The Morgan fingerprint density at radius 1 is 0.853 bits per heavy atom. The van der Waals surface area contributed by atoms with Gasteiger partial charge in [-0.1, -0.05) is 169 Å². The molecule has 1 fully saturated rings. The van der Waals surface area contributed by atoms with E-state index >= 15 is 0 Å². The van der Waals surface area contributed by atoms with Crippen LogP contribution in [0.4, 0.5) is 9.93 Å². The van der Waals surface area contributed by atoms with Gasteiger partial charge in [0, 0.05) is 31.3 Å². The van der Waals surface area contributed by atoms with Crippen molar-refractivity contribution in [3.8, 4) is 0 Å². The number of thioether (sulfide) groups is 2. The molecule has 2 unspecified atom stereocenters. The molecule has 9 rings (SSSR count). The number of amides is 4. The molecule has 1 saturated heterocycles. The molecule has 0 spiro atoms. The molecule has 18 nitrogen and oxygen atoms in total. The topological polar surface area (TPSA) is 231 Å². The number of thiazole rings is 1. The van der Waals surface area contributed by atoms with E-state index in [0.29, 0.717) is 21.8 Å². The van der Waals surface area contributed by atoms with Gasteiger partial charge in [-0.05, 0) is 44.9 Å². The molecule has 0 aliphatic carbocycles. The fraction of sp³-hybridized carbons (Fsp3) is 0.167. The minimum Gasteiger partial charge on any atom is -0.448 e. The summed E-state index contributed by atoms with van der Waals surface area (Å²) in [5.74, 6) is -1.95. The average Bonchev–Trinajstić information content (AvgIpc) is 3.92. The second-order valence-corrected chi connectivity index (χ2v) is 19.5. The number of ether oxygens (including phenoxy) is 1. The standard InChI is InChI=1S/C54H48N10O8S3/c1-55-51(70)56-29-30-63-48(68)46(66)60-61-53(63)73-31-28-36-32-74-49-42(47(67)64(49)43(36)50(69)72-44(34-18-8-3-9-19-34)35-20-10-4-11-21-35)58-45(65)41(62-71-2)40-33-75-52(57-40)59-54(37-22-12-5-13-23-37,38-24-14-6-15-25-38)39-26-16-7-17-27-39/h3-28,31,33,42,44,49H,29-30,32H2,1-2H3,(H,57,59)(H,58,65)(H,60,66)(H2,55,56,70). The first-order valence-electron chi connectivity index (χ1n) is 23.4. The molecule has 75 heavy (non-hydrogen) atoms. The second-order valence-electron chi connectivity index (χ2n) is 16.7. The fourth-order valence-electron chi connectivity index (χ4n) is 8.64. The van der Waals surface area contributed by atoms with Crippen LogP contribution in [0.25, 0.3) is 0 Å². The lowest BCUT2D eigenvalue weighted by atomic mass is 9.77. The Balaban J connectivity index is 0.997. The third-order valence-corrected chi connectivity index (χ3v) is 15.0. The number of esters is 1. The van der Waals surface area contributed by atoms with E-state index < -0.39 is 58.0 Å². The number of H-pyrrole nitrogens is 1. The largest absolute Gasteiger partial charge is 0.448 e. The molecule has 0 saturated carbocycles. The number of oxime groups is 1. The molecule has 4 amide bonds. The van der Waals surface area contributed by atoms with Crippen LogP contribution in [0.3, 0.4) is 0 Å². The van der Waals surface area contributed by atoms with Crippen molar-refractivity contribution >= 4 is 69.5 Å². The Morgan fingerprint density at radius 2 is 1.43 bits per heavy atom. The van der Waals surface area contributed by atoms with Crippen LogP contribution in [-0.2, 0) is 36.0 Å². The lowest BCUT2D eigenvalue weighted by Crippen LogP contribution is -2.71. The molecule has 4 heterocycles. The number of nitrogens with zero attached hydrogens (tertiary/aromatic N) is 5. The van der Waals surface area contributed by atoms with Crippen LogP contribution < -0.4 is 32.4 Å². The quantitative estimate of drug-likeness (QED) is 0.0113. The van der Waals surface area contributed by atoms with Gasteiger partial charge < -0.3 is 30.8 Å². The number of benzene rings is 5. The van der Waals surface area contributed by atoms with Gasteiger partial charge in [0.1, 0.15) is 35.5 Å². The zero-order valence-electron chi connectivity index (χ0n) is 40.2. The molecule has 2 atom stereocenters. The maximum Gasteiger partial charge on any atom is 0.356 e. The monoisotopic (exact) mass is 1060 g/mol. The summed E-state index contributed by atoms with van der Waals surface area (Å²) in [6.07, 6.45) is 0.742.